The van der Waals surface area contributed by atoms with Gasteiger partial charge in [0, 0.05) is 36.2 Å². The van der Waals surface area contributed by atoms with Gasteiger partial charge in [0.15, 0.2) is 0 Å². The summed E-state index contributed by atoms with van der Waals surface area (Å²) in [6.07, 6.45) is 4.10. The summed E-state index contributed by atoms with van der Waals surface area (Å²) < 4.78 is 12.2. The van der Waals surface area contributed by atoms with Crippen molar-refractivity contribution in [3.05, 3.63) is 29.3 Å². The summed E-state index contributed by atoms with van der Waals surface area (Å²) in [5, 5.41) is 0. The molecule has 3 aliphatic heterocycles. The van der Waals surface area contributed by atoms with Crippen LogP contribution in [0.1, 0.15) is 62.4 Å². The van der Waals surface area contributed by atoms with Crippen LogP contribution in [0.2, 0.25) is 0 Å². The molecule has 0 bridgehead atoms. The fourth-order valence-corrected chi connectivity index (χ4v) is 4.25. The van der Waals surface area contributed by atoms with Crippen molar-refractivity contribution in [2.24, 2.45) is 5.41 Å². The molecule has 0 aromatic heterocycles. The number of hydrogen-bond acceptors (Lipinski definition) is 4. The molecule has 3 heterocycles. The summed E-state index contributed by atoms with van der Waals surface area (Å²) in [6, 6.07) is 5.52. The number of rotatable bonds is 3. The Morgan fingerprint density at radius 1 is 1.11 bits per heavy atom. The number of carbonyl (C=O) groups is 2. The van der Waals surface area contributed by atoms with Crippen molar-refractivity contribution in [3.63, 3.8) is 0 Å². The van der Waals surface area contributed by atoms with Gasteiger partial charge in [-0.25, -0.2) is 0 Å². The minimum Gasteiger partial charge on any atom is -0.339 e. The predicted octanol–water partition coefficient (Wildman–Crippen LogP) is 3.30. The Morgan fingerprint density at radius 3 is 2.43 bits per heavy atom. The molecule has 6 heteroatoms. The smallest absolute Gasteiger partial charge is 0.292 e. The van der Waals surface area contributed by atoms with Gasteiger partial charge in [-0.2, -0.15) is 0 Å². The monoisotopic (exact) mass is 386 g/mol. The van der Waals surface area contributed by atoms with E-state index in [0.29, 0.717) is 30.9 Å². The highest BCUT2D eigenvalue weighted by Crippen LogP contribution is 2.47. The van der Waals surface area contributed by atoms with Crippen LogP contribution in [-0.4, -0.2) is 49.6 Å². The number of benzene rings is 1. The maximum Gasteiger partial charge on any atom is 0.292 e. The van der Waals surface area contributed by atoms with Gasteiger partial charge in [0.2, 0.25) is 0 Å². The van der Waals surface area contributed by atoms with Crippen LogP contribution in [0.5, 0.6) is 0 Å². The number of nitrogens with zero attached hydrogens (tertiary/aromatic N) is 2. The fraction of sp³-hybridized carbons (Fsp3) is 0.636. The van der Waals surface area contributed by atoms with Gasteiger partial charge in [-0.15, -0.1) is 0 Å². The van der Waals surface area contributed by atoms with Crippen LogP contribution in [0.3, 0.4) is 0 Å². The number of ether oxygens (including phenoxy) is 2. The molecule has 2 fully saturated rings. The maximum absolute atomic E-state index is 13.3. The Kier molecular flexibility index (Phi) is 4.96. The van der Waals surface area contributed by atoms with Crippen LogP contribution >= 0.6 is 0 Å². The van der Waals surface area contributed by atoms with Crippen molar-refractivity contribution in [2.45, 2.75) is 52.2 Å². The molecule has 0 aliphatic carbocycles. The first-order valence-electron chi connectivity index (χ1n) is 10.4. The van der Waals surface area contributed by atoms with Crippen LogP contribution in [0, 0.1) is 5.41 Å². The number of anilines is 1. The summed E-state index contributed by atoms with van der Waals surface area (Å²) in [4.78, 5) is 30.0. The Bertz CT molecular complexity index is 773. The third-order valence-corrected chi connectivity index (χ3v) is 5.84. The molecule has 0 saturated carbocycles. The van der Waals surface area contributed by atoms with Crippen molar-refractivity contribution in [1.29, 1.82) is 0 Å². The zero-order valence-electron chi connectivity index (χ0n) is 17.1. The fourth-order valence-electron chi connectivity index (χ4n) is 4.25. The van der Waals surface area contributed by atoms with Gasteiger partial charge >= 0.3 is 0 Å². The van der Waals surface area contributed by atoms with Crippen molar-refractivity contribution in [3.8, 4) is 0 Å². The second-order valence-corrected chi connectivity index (χ2v) is 8.90. The molecule has 0 radical (unpaired) electrons. The molecule has 152 valence electrons. The first-order chi connectivity index (χ1) is 13.4. The Labute approximate surface area is 166 Å². The molecule has 2 amide bonds. The number of hydrogen-bond donors (Lipinski definition) is 0. The van der Waals surface area contributed by atoms with Crippen LogP contribution in [0.15, 0.2) is 18.2 Å². The van der Waals surface area contributed by atoms with E-state index in [1.165, 1.54) is 6.42 Å². The molecule has 0 unspecified atom stereocenters. The minimum atomic E-state index is -1.42. The molecule has 4 rings (SSSR count). The lowest BCUT2D eigenvalue weighted by atomic mass is 9.93. The average Bonchev–Trinajstić information content (AvgIpc) is 2.93. The number of likely N-dealkylation sites (tertiary alicyclic amines) is 1. The van der Waals surface area contributed by atoms with E-state index in [1.54, 1.807) is 4.90 Å². The standard InChI is InChI=1S/C22H30N2O4/c1-4-10-24-18-9-8-16(19(25)23-11-6-5-7-12-23)13-17(18)22(20(24)26)27-14-21(2,3)15-28-22/h8-9,13H,4-7,10-12,14-15H2,1-3H3. The number of amides is 2. The van der Waals surface area contributed by atoms with Crippen molar-refractivity contribution in [2.75, 3.05) is 37.7 Å². The molecule has 0 atom stereocenters. The van der Waals surface area contributed by atoms with E-state index >= 15 is 0 Å². The Morgan fingerprint density at radius 2 is 1.79 bits per heavy atom. The van der Waals surface area contributed by atoms with Gasteiger partial charge in [0.05, 0.1) is 18.9 Å². The van der Waals surface area contributed by atoms with Gasteiger partial charge in [-0.3, -0.25) is 9.59 Å². The van der Waals surface area contributed by atoms with Crippen LogP contribution < -0.4 is 4.90 Å². The molecule has 1 aromatic carbocycles. The Hall–Kier alpha value is -1.92. The lowest BCUT2D eigenvalue weighted by Gasteiger charge is -2.40. The van der Waals surface area contributed by atoms with Crippen molar-refractivity contribution in [1.82, 2.24) is 4.90 Å². The summed E-state index contributed by atoms with van der Waals surface area (Å²) in [5.74, 6) is -1.57. The number of piperidine rings is 1. The zero-order chi connectivity index (χ0) is 19.9. The van der Waals surface area contributed by atoms with E-state index in [2.05, 4.69) is 13.8 Å². The summed E-state index contributed by atoms with van der Waals surface area (Å²) in [5.41, 5.74) is 1.92. The molecule has 1 spiro atoms. The van der Waals surface area contributed by atoms with Crippen LogP contribution in [0.4, 0.5) is 5.69 Å². The minimum absolute atomic E-state index is 0.0233. The second kappa shape index (κ2) is 7.16. The van der Waals surface area contributed by atoms with Gasteiger partial charge < -0.3 is 19.3 Å². The van der Waals surface area contributed by atoms with Crippen LogP contribution in [-0.2, 0) is 20.1 Å². The third-order valence-electron chi connectivity index (χ3n) is 5.84. The molecule has 0 N–H and O–H groups in total. The third kappa shape index (κ3) is 3.12. The highest BCUT2D eigenvalue weighted by molar-refractivity contribution is 6.07. The highest BCUT2D eigenvalue weighted by Gasteiger charge is 2.56. The first kappa shape index (κ1) is 19.4. The normalized spacial score (nSPS) is 23.2. The van der Waals surface area contributed by atoms with E-state index in [9.17, 15) is 9.59 Å². The van der Waals surface area contributed by atoms with Crippen molar-refractivity contribution >= 4 is 17.5 Å². The van der Waals surface area contributed by atoms with Crippen LogP contribution in [0.25, 0.3) is 0 Å². The zero-order valence-corrected chi connectivity index (χ0v) is 17.1. The average molecular weight is 386 g/mol. The summed E-state index contributed by atoms with van der Waals surface area (Å²) in [7, 11) is 0. The highest BCUT2D eigenvalue weighted by atomic mass is 16.7. The van der Waals surface area contributed by atoms with Gasteiger partial charge in [0.25, 0.3) is 17.6 Å². The SMILES string of the molecule is CCCN1C(=O)C2(OCC(C)(C)CO2)c2cc(C(=O)N3CCCCC3)ccc21. The van der Waals surface area contributed by atoms with E-state index < -0.39 is 5.79 Å². The molecule has 1 aromatic rings. The molecule has 3 aliphatic rings. The van der Waals surface area contributed by atoms with E-state index in [1.807, 2.05) is 30.0 Å². The Balaban J connectivity index is 1.72. The molecule has 6 nitrogen and oxygen atoms in total. The lowest BCUT2D eigenvalue weighted by molar-refractivity contribution is -0.286. The molecular weight excluding hydrogens is 356 g/mol. The predicted molar refractivity (Wildman–Crippen MR) is 106 cm³/mol. The van der Waals surface area contributed by atoms with Crippen molar-refractivity contribution < 1.29 is 19.1 Å². The van der Waals surface area contributed by atoms with Gasteiger partial charge in [-0.05, 0) is 43.9 Å². The van der Waals surface area contributed by atoms with Gasteiger partial charge in [-0.1, -0.05) is 20.8 Å². The molecule has 28 heavy (non-hydrogen) atoms. The summed E-state index contributed by atoms with van der Waals surface area (Å²) in [6.45, 7) is 9.21. The van der Waals surface area contributed by atoms with E-state index in [0.717, 1.165) is 38.0 Å². The lowest BCUT2D eigenvalue weighted by Crippen LogP contribution is -2.51. The topological polar surface area (TPSA) is 59.1 Å². The molecular formula is C22H30N2O4. The van der Waals surface area contributed by atoms with E-state index in [-0.39, 0.29) is 17.2 Å². The van der Waals surface area contributed by atoms with E-state index in [4.69, 9.17) is 9.47 Å². The maximum atomic E-state index is 13.3. The first-order valence-corrected chi connectivity index (χ1v) is 10.4. The largest absolute Gasteiger partial charge is 0.339 e. The molecule has 2 saturated heterocycles. The quantitative estimate of drug-likeness (QED) is 0.800. The summed E-state index contributed by atoms with van der Waals surface area (Å²) >= 11 is 0. The van der Waals surface area contributed by atoms with Gasteiger partial charge in [0.1, 0.15) is 0 Å². The number of carbonyl (C=O) groups excluding carboxylic acids is 2. The second-order valence-electron chi connectivity index (χ2n) is 8.90. The number of fused-ring (bicyclic) bond motifs is 2.